The summed E-state index contributed by atoms with van der Waals surface area (Å²) in [5, 5.41) is 14.5. The van der Waals surface area contributed by atoms with Gasteiger partial charge in [-0.25, -0.2) is 0 Å². The van der Waals surface area contributed by atoms with E-state index < -0.39 is 0 Å². The molecule has 0 rings (SSSR count). The maximum atomic E-state index is 7.26. The monoisotopic (exact) mass is 326 g/mol. The Morgan fingerprint density at radius 1 is 1.00 bits per heavy atom. The van der Waals surface area contributed by atoms with E-state index in [4.69, 9.17) is 10.5 Å². The Bertz CT molecular complexity index is 66.5. The molecular formula is C2H2N2PbZn. The van der Waals surface area contributed by atoms with Crippen molar-refractivity contribution in [3.8, 4) is 12.1 Å². The molecule has 0 heterocycles. The fourth-order valence-electron chi connectivity index (χ4n) is 0. The van der Waals surface area contributed by atoms with E-state index >= 15 is 0 Å². The zero-order valence-corrected chi connectivity index (χ0v) is 11.8. The first-order valence-electron chi connectivity index (χ1n) is 0.697. The van der Waals surface area contributed by atoms with E-state index in [1.807, 2.05) is 0 Å². The molecule has 0 aliphatic heterocycles. The Labute approximate surface area is 69.1 Å². The summed E-state index contributed by atoms with van der Waals surface area (Å²) in [5.41, 5.74) is 0. The van der Waals surface area contributed by atoms with Crippen molar-refractivity contribution in [1.82, 2.24) is 0 Å². The fraction of sp³-hybridized carbons (Fsp3) is 0. The van der Waals surface area contributed by atoms with Crippen LogP contribution in [0.15, 0.2) is 0 Å². The maximum Gasteiger partial charge on any atom is 0 e. The fourth-order valence-corrected chi connectivity index (χ4v) is 0. The summed E-state index contributed by atoms with van der Waals surface area (Å²) < 4.78 is 0. The van der Waals surface area contributed by atoms with Crippen molar-refractivity contribution in [2.45, 2.75) is 0 Å². The Morgan fingerprint density at radius 3 is 1.17 bits per heavy atom. The quantitative estimate of drug-likeness (QED) is 0.543. The third-order valence-electron chi connectivity index (χ3n) is 0.0500. The van der Waals surface area contributed by atoms with Gasteiger partial charge < -0.3 is 0 Å². The van der Waals surface area contributed by atoms with Gasteiger partial charge in [0.15, 0.2) is 12.1 Å². The third kappa shape index (κ3) is 24.2. The minimum absolute atomic E-state index is 0. The molecule has 4 heteroatoms. The van der Waals surface area contributed by atoms with Crippen molar-refractivity contribution in [3.05, 3.63) is 0 Å². The summed E-state index contributed by atoms with van der Waals surface area (Å²) in [6, 6.07) is 2.47. The van der Waals surface area contributed by atoms with Crippen molar-refractivity contribution in [1.29, 1.82) is 10.5 Å². The van der Waals surface area contributed by atoms with E-state index in [-0.39, 0.29) is 46.8 Å². The van der Waals surface area contributed by atoms with Gasteiger partial charge in [0.25, 0.3) is 0 Å². The molecular weight excluding hydrogens is 325 g/mol. The second-order valence-electron chi connectivity index (χ2n) is 0.224. The van der Waals surface area contributed by atoms with E-state index in [2.05, 4.69) is 0 Å². The van der Waals surface area contributed by atoms with E-state index in [1.54, 1.807) is 0 Å². The number of nitriles is 2. The first kappa shape index (κ1) is 16.0. The van der Waals surface area contributed by atoms with Crippen LogP contribution in [0, 0.1) is 22.7 Å². The molecule has 0 bridgehead atoms. The molecule has 0 fully saturated rings. The van der Waals surface area contributed by atoms with Gasteiger partial charge in [0.1, 0.15) is 0 Å². The van der Waals surface area contributed by atoms with E-state index in [0.29, 0.717) is 0 Å². The van der Waals surface area contributed by atoms with Crippen molar-refractivity contribution in [2.75, 3.05) is 0 Å². The third-order valence-corrected chi connectivity index (χ3v) is 0.0500. The Hall–Kier alpha value is 0.525. The molecule has 0 aromatic heterocycles. The number of hydrogen-bond acceptors (Lipinski definition) is 2. The van der Waals surface area contributed by atoms with E-state index in [9.17, 15) is 0 Å². The molecule has 0 aromatic carbocycles. The van der Waals surface area contributed by atoms with Gasteiger partial charge in [-0.15, -0.1) is 0 Å². The molecule has 0 unspecified atom stereocenters. The molecule has 2 radical (unpaired) electrons. The topological polar surface area (TPSA) is 47.6 Å². The number of hydrogen-bond donors (Lipinski definition) is 0. The second-order valence-corrected chi connectivity index (χ2v) is 0.224. The van der Waals surface area contributed by atoms with Crippen LogP contribution in [0.3, 0.4) is 0 Å². The van der Waals surface area contributed by atoms with Gasteiger partial charge in [0.05, 0.1) is 0 Å². The number of nitrogens with zero attached hydrogens (tertiary/aromatic N) is 2. The first-order chi connectivity index (χ1) is 1.91. The second kappa shape index (κ2) is 17.7. The van der Waals surface area contributed by atoms with Crippen LogP contribution in [-0.2, 0) is 19.5 Å². The van der Waals surface area contributed by atoms with Crippen LogP contribution in [-0.4, -0.2) is 27.3 Å². The molecule has 0 N–H and O–H groups in total. The van der Waals surface area contributed by atoms with Crippen molar-refractivity contribution < 1.29 is 19.5 Å². The van der Waals surface area contributed by atoms with Gasteiger partial charge in [0.2, 0.25) is 0 Å². The molecule has 0 amide bonds. The van der Waals surface area contributed by atoms with Crippen LogP contribution in [0.5, 0.6) is 0 Å². The van der Waals surface area contributed by atoms with Crippen molar-refractivity contribution in [3.63, 3.8) is 0 Å². The summed E-state index contributed by atoms with van der Waals surface area (Å²) in [5.74, 6) is 0. The zero-order valence-electron chi connectivity index (χ0n) is 3.31. The summed E-state index contributed by atoms with van der Waals surface area (Å²) in [6.45, 7) is 0. The van der Waals surface area contributed by atoms with E-state index in [0.717, 1.165) is 0 Å². The standard InChI is InChI=1S/C2N2.Pb.Zn.2H/c3-1-2-4;;;;. The Morgan fingerprint density at radius 2 is 1.17 bits per heavy atom. The molecule has 0 saturated heterocycles. The van der Waals surface area contributed by atoms with Crippen LogP contribution in [0.1, 0.15) is 0 Å². The Kier molecular flexibility index (Phi) is 47.4. The average Bonchev–Trinajstić information content (AvgIpc) is 1.37. The molecule has 6 heavy (non-hydrogen) atoms. The molecule has 2 nitrogen and oxygen atoms in total. The summed E-state index contributed by atoms with van der Waals surface area (Å²) in [7, 11) is 0. The van der Waals surface area contributed by atoms with Gasteiger partial charge in [-0.2, -0.15) is 10.5 Å². The molecule has 0 aliphatic rings. The normalized spacial score (nSPS) is 1.67. The van der Waals surface area contributed by atoms with Gasteiger partial charge in [-0.1, -0.05) is 0 Å². The van der Waals surface area contributed by atoms with Crippen molar-refractivity contribution in [2.24, 2.45) is 0 Å². The van der Waals surface area contributed by atoms with Gasteiger partial charge in [-0.05, 0) is 0 Å². The molecule has 0 aliphatic carbocycles. The minimum atomic E-state index is 0. The smallest absolute Gasteiger partial charge is 0 e. The van der Waals surface area contributed by atoms with Crippen LogP contribution in [0.25, 0.3) is 0 Å². The predicted octanol–water partition coefficient (Wildman–Crippen LogP) is -0.885. The molecule has 0 aromatic rings. The van der Waals surface area contributed by atoms with Crippen LogP contribution in [0.2, 0.25) is 0 Å². The van der Waals surface area contributed by atoms with Crippen LogP contribution < -0.4 is 0 Å². The molecule has 0 spiro atoms. The predicted molar refractivity (Wildman–Crippen MR) is 19.8 cm³/mol. The molecule has 0 saturated carbocycles. The average molecular weight is 327 g/mol. The molecule has 0 atom stereocenters. The maximum absolute atomic E-state index is 7.26. The van der Waals surface area contributed by atoms with Gasteiger partial charge >= 0.3 is 27.3 Å². The zero-order chi connectivity index (χ0) is 3.41. The SMILES string of the molecule is N#CC#N.[PbH2].[Zn]. The van der Waals surface area contributed by atoms with Gasteiger partial charge in [-0.3, -0.25) is 0 Å². The first-order valence-corrected chi connectivity index (χ1v) is 0.697. The van der Waals surface area contributed by atoms with Crippen molar-refractivity contribution >= 4 is 27.3 Å². The largest absolute Gasteiger partial charge is 0 e. The van der Waals surface area contributed by atoms with E-state index in [1.165, 1.54) is 12.1 Å². The summed E-state index contributed by atoms with van der Waals surface area (Å²) in [4.78, 5) is 0. The minimum Gasteiger partial charge on any atom is 0 e. The summed E-state index contributed by atoms with van der Waals surface area (Å²) in [6.07, 6.45) is 0. The van der Waals surface area contributed by atoms with Crippen LogP contribution in [0.4, 0.5) is 0 Å². The summed E-state index contributed by atoms with van der Waals surface area (Å²) >= 11 is 0. The van der Waals surface area contributed by atoms with Gasteiger partial charge in [0, 0.05) is 19.5 Å². The molecule has 26 valence electrons. The Balaban J connectivity index is -0.0000000450. The van der Waals surface area contributed by atoms with Crippen LogP contribution >= 0.6 is 0 Å². The number of rotatable bonds is 0.